The number of carbonyl (C=O) groups is 1. The third-order valence-electron chi connectivity index (χ3n) is 6.93. The van der Waals surface area contributed by atoms with Gasteiger partial charge in [-0.05, 0) is 74.6 Å². The molecule has 0 atom stereocenters. The first kappa shape index (κ1) is 23.2. The Balaban J connectivity index is 1.58. The van der Waals surface area contributed by atoms with Gasteiger partial charge in [0.15, 0.2) is 0 Å². The summed E-state index contributed by atoms with van der Waals surface area (Å²) < 4.78 is 33.8. The van der Waals surface area contributed by atoms with Gasteiger partial charge in [0.25, 0.3) is 5.91 Å². The van der Waals surface area contributed by atoms with Crippen LogP contribution in [0.15, 0.2) is 44.4 Å². The fraction of sp³-hybridized carbons (Fsp3) is 0.360. The summed E-state index contributed by atoms with van der Waals surface area (Å²) in [7, 11) is -3.72. The minimum atomic E-state index is -3.72. The van der Waals surface area contributed by atoms with Gasteiger partial charge in [0.2, 0.25) is 10.0 Å². The number of benzene rings is 2. The van der Waals surface area contributed by atoms with E-state index in [2.05, 4.69) is 0 Å². The number of amides is 1. The van der Waals surface area contributed by atoms with Crippen LogP contribution in [0.1, 0.15) is 38.2 Å². The van der Waals surface area contributed by atoms with Gasteiger partial charge in [-0.3, -0.25) is 4.79 Å². The highest BCUT2D eigenvalue weighted by Crippen LogP contribution is 2.32. The van der Waals surface area contributed by atoms with Gasteiger partial charge >= 0.3 is 5.63 Å². The molecule has 174 valence electrons. The standard InChI is InChI=1S/C25H28N2O5S/c1-15-16(2)18(4)23(19(5)17(15)3)33(30,31)27-12-10-26(11-13-27)24(28)21-14-20-8-6-7-9-22(20)32-25(21)29/h6-9,14H,10-13H2,1-5H3. The largest absolute Gasteiger partial charge is 0.422 e. The van der Waals surface area contributed by atoms with Crippen LogP contribution < -0.4 is 5.63 Å². The van der Waals surface area contributed by atoms with Crippen LogP contribution in [-0.4, -0.2) is 49.7 Å². The van der Waals surface area contributed by atoms with Crippen molar-refractivity contribution in [1.29, 1.82) is 0 Å². The van der Waals surface area contributed by atoms with Crippen molar-refractivity contribution in [3.63, 3.8) is 0 Å². The van der Waals surface area contributed by atoms with E-state index in [1.165, 1.54) is 15.3 Å². The van der Waals surface area contributed by atoms with Crippen LogP contribution in [0.25, 0.3) is 11.0 Å². The molecule has 33 heavy (non-hydrogen) atoms. The van der Waals surface area contributed by atoms with Gasteiger partial charge in [-0.25, -0.2) is 13.2 Å². The Labute approximate surface area is 193 Å². The smallest absolute Gasteiger partial charge is 0.349 e. The summed E-state index contributed by atoms with van der Waals surface area (Å²) in [6, 6.07) is 8.55. The van der Waals surface area contributed by atoms with Crippen LogP contribution in [0.2, 0.25) is 0 Å². The van der Waals surface area contributed by atoms with Crippen LogP contribution in [0.3, 0.4) is 0 Å². The molecule has 1 aromatic heterocycles. The maximum Gasteiger partial charge on any atom is 0.349 e. The first-order valence-electron chi connectivity index (χ1n) is 10.9. The van der Waals surface area contributed by atoms with E-state index in [1.54, 1.807) is 24.3 Å². The summed E-state index contributed by atoms with van der Waals surface area (Å²) >= 11 is 0. The molecule has 1 saturated heterocycles. The van der Waals surface area contributed by atoms with Crippen molar-refractivity contribution in [2.45, 2.75) is 39.5 Å². The molecule has 0 spiro atoms. The first-order valence-corrected chi connectivity index (χ1v) is 12.4. The molecule has 0 radical (unpaired) electrons. The third kappa shape index (κ3) is 3.87. The number of nitrogens with zero attached hydrogens (tertiary/aromatic N) is 2. The van der Waals surface area contributed by atoms with Crippen molar-refractivity contribution in [2.24, 2.45) is 0 Å². The lowest BCUT2D eigenvalue weighted by molar-refractivity contribution is 0.0693. The van der Waals surface area contributed by atoms with Gasteiger partial charge in [0.05, 0.1) is 4.90 Å². The molecule has 0 aliphatic carbocycles. The predicted octanol–water partition coefficient (Wildman–Crippen LogP) is 3.48. The molecule has 7 nitrogen and oxygen atoms in total. The van der Waals surface area contributed by atoms with E-state index >= 15 is 0 Å². The Morgan fingerprint density at radius 2 is 1.39 bits per heavy atom. The number of carbonyl (C=O) groups excluding carboxylic acids is 1. The molecule has 1 aliphatic heterocycles. The lowest BCUT2D eigenvalue weighted by Gasteiger charge is -2.34. The zero-order valence-corrected chi connectivity index (χ0v) is 20.4. The van der Waals surface area contributed by atoms with Crippen molar-refractivity contribution >= 4 is 26.9 Å². The van der Waals surface area contributed by atoms with E-state index < -0.39 is 21.6 Å². The highest BCUT2D eigenvalue weighted by Gasteiger charge is 2.34. The van der Waals surface area contributed by atoms with E-state index in [9.17, 15) is 18.0 Å². The summed E-state index contributed by atoms with van der Waals surface area (Å²) in [6.45, 7) is 10.3. The lowest BCUT2D eigenvalue weighted by atomic mass is 9.95. The van der Waals surface area contributed by atoms with Crippen LogP contribution >= 0.6 is 0 Å². The maximum atomic E-state index is 13.5. The van der Waals surface area contributed by atoms with Crippen molar-refractivity contribution in [3.8, 4) is 0 Å². The van der Waals surface area contributed by atoms with Gasteiger partial charge < -0.3 is 9.32 Å². The number of hydrogen-bond acceptors (Lipinski definition) is 5. The SMILES string of the molecule is Cc1c(C)c(C)c(S(=O)(=O)N2CCN(C(=O)c3cc4ccccc4oc3=O)CC2)c(C)c1C. The van der Waals surface area contributed by atoms with Crippen LogP contribution in [0, 0.1) is 34.6 Å². The zero-order chi connectivity index (χ0) is 24.1. The molecular weight excluding hydrogens is 440 g/mol. The van der Waals surface area contributed by atoms with Crippen molar-refractivity contribution in [1.82, 2.24) is 9.21 Å². The number of piperazine rings is 1. The fourth-order valence-corrected chi connectivity index (χ4v) is 6.48. The molecule has 1 fully saturated rings. The Hall–Kier alpha value is -2.97. The van der Waals surface area contributed by atoms with E-state index in [4.69, 9.17) is 4.42 Å². The summed E-state index contributed by atoms with van der Waals surface area (Å²) in [5.41, 5.74) is 4.29. The summed E-state index contributed by atoms with van der Waals surface area (Å²) in [4.78, 5) is 27.3. The highest BCUT2D eigenvalue weighted by atomic mass is 32.2. The maximum absolute atomic E-state index is 13.5. The zero-order valence-electron chi connectivity index (χ0n) is 19.6. The molecule has 2 heterocycles. The van der Waals surface area contributed by atoms with Crippen LogP contribution in [0.5, 0.6) is 0 Å². The van der Waals surface area contributed by atoms with E-state index in [0.29, 0.717) is 15.9 Å². The second-order valence-electron chi connectivity index (χ2n) is 8.64. The molecule has 0 N–H and O–H groups in total. The molecule has 0 bridgehead atoms. The van der Waals surface area contributed by atoms with E-state index in [1.807, 2.05) is 34.6 Å². The Bertz CT molecular complexity index is 1400. The summed E-state index contributed by atoms with van der Waals surface area (Å²) in [5, 5.41) is 0.665. The average molecular weight is 469 g/mol. The fourth-order valence-electron chi connectivity index (χ4n) is 4.49. The normalized spacial score (nSPS) is 15.2. The minimum Gasteiger partial charge on any atom is -0.422 e. The average Bonchev–Trinajstić information content (AvgIpc) is 2.80. The Morgan fingerprint density at radius 1 is 0.848 bits per heavy atom. The molecule has 8 heteroatoms. The monoisotopic (exact) mass is 468 g/mol. The predicted molar refractivity (Wildman–Crippen MR) is 127 cm³/mol. The number of sulfonamides is 1. The molecule has 3 aromatic rings. The van der Waals surface area contributed by atoms with Gasteiger partial charge in [0, 0.05) is 31.6 Å². The van der Waals surface area contributed by atoms with Gasteiger partial charge in [-0.2, -0.15) is 4.31 Å². The molecule has 2 aromatic carbocycles. The number of para-hydroxylation sites is 1. The molecule has 4 rings (SSSR count). The Kier molecular flexibility index (Phi) is 5.92. The van der Waals surface area contributed by atoms with Crippen LogP contribution in [-0.2, 0) is 10.0 Å². The van der Waals surface area contributed by atoms with Gasteiger partial charge in [-0.15, -0.1) is 0 Å². The van der Waals surface area contributed by atoms with Crippen molar-refractivity contribution in [2.75, 3.05) is 26.2 Å². The second kappa shape index (κ2) is 8.43. The van der Waals surface area contributed by atoms with Gasteiger partial charge in [0.1, 0.15) is 11.1 Å². The number of rotatable bonds is 3. The molecule has 0 saturated carbocycles. The van der Waals surface area contributed by atoms with Crippen molar-refractivity contribution in [3.05, 3.63) is 74.1 Å². The quantitative estimate of drug-likeness (QED) is 0.549. The topological polar surface area (TPSA) is 87.9 Å². The third-order valence-corrected chi connectivity index (χ3v) is 9.10. The molecule has 1 aliphatic rings. The Morgan fingerprint density at radius 3 is 2.00 bits per heavy atom. The summed E-state index contributed by atoms with van der Waals surface area (Å²) in [5.74, 6) is -0.444. The van der Waals surface area contributed by atoms with Crippen molar-refractivity contribution < 1.29 is 17.6 Å². The second-order valence-corrected chi connectivity index (χ2v) is 10.5. The van der Waals surface area contributed by atoms with Gasteiger partial charge in [-0.1, -0.05) is 18.2 Å². The molecular formula is C25H28N2O5S. The highest BCUT2D eigenvalue weighted by molar-refractivity contribution is 7.89. The first-order chi connectivity index (χ1) is 15.5. The van der Waals surface area contributed by atoms with E-state index in [-0.39, 0.29) is 31.7 Å². The molecule has 0 unspecified atom stereocenters. The number of fused-ring (bicyclic) bond motifs is 1. The number of hydrogen-bond donors (Lipinski definition) is 0. The molecule has 1 amide bonds. The minimum absolute atomic E-state index is 0.0403. The lowest BCUT2D eigenvalue weighted by Crippen LogP contribution is -2.51. The van der Waals surface area contributed by atoms with E-state index in [0.717, 1.165) is 27.8 Å². The summed E-state index contributed by atoms with van der Waals surface area (Å²) in [6.07, 6.45) is 0. The van der Waals surface area contributed by atoms with Crippen LogP contribution in [0.4, 0.5) is 0 Å².